The molecule has 39 heavy (non-hydrogen) atoms. The summed E-state index contributed by atoms with van der Waals surface area (Å²) in [6.07, 6.45) is 1.45. The van der Waals surface area contributed by atoms with Crippen LogP contribution in [0.25, 0.3) is 11.3 Å². The Bertz CT molecular complexity index is 1440. The van der Waals surface area contributed by atoms with Gasteiger partial charge in [-0.2, -0.15) is 15.5 Å². The van der Waals surface area contributed by atoms with Crippen LogP contribution in [0.3, 0.4) is 0 Å². The van der Waals surface area contributed by atoms with E-state index in [2.05, 4.69) is 11.2 Å². The molecule has 2 aliphatic rings. The number of halogens is 2. The first-order valence-corrected chi connectivity index (χ1v) is 13.1. The van der Waals surface area contributed by atoms with Crippen LogP contribution in [0.15, 0.2) is 30.5 Å². The fraction of sp³-hybridized carbons (Fsp3) is 0.500. The number of carbonyl (C=O) groups is 1. The Hall–Kier alpha value is -3.94. The van der Waals surface area contributed by atoms with Crippen LogP contribution in [0, 0.1) is 23.7 Å². The number of nitrogens with two attached hydrogens (primary N) is 1. The van der Waals surface area contributed by atoms with Crippen molar-refractivity contribution in [3.8, 4) is 17.3 Å². The van der Waals surface area contributed by atoms with Crippen molar-refractivity contribution in [3.63, 3.8) is 0 Å². The van der Waals surface area contributed by atoms with Crippen LogP contribution in [0.1, 0.15) is 74.9 Å². The molecule has 1 amide bonds. The number of ether oxygens (including phenoxy) is 1. The van der Waals surface area contributed by atoms with E-state index in [1.165, 1.54) is 12.1 Å². The molecule has 1 aromatic carbocycles. The van der Waals surface area contributed by atoms with Crippen molar-refractivity contribution in [2.75, 3.05) is 18.8 Å². The third-order valence-electron chi connectivity index (χ3n) is 7.58. The van der Waals surface area contributed by atoms with Crippen molar-refractivity contribution in [3.05, 3.63) is 52.8 Å². The van der Waals surface area contributed by atoms with Gasteiger partial charge in [0.15, 0.2) is 0 Å². The summed E-state index contributed by atoms with van der Waals surface area (Å²) in [6, 6.07) is 8.46. The van der Waals surface area contributed by atoms with Gasteiger partial charge in [0.1, 0.15) is 28.7 Å². The van der Waals surface area contributed by atoms with E-state index in [1.54, 1.807) is 32.6 Å². The Morgan fingerprint density at radius 1 is 1.31 bits per heavy atom. The van der Waals surface area contributed by atoms with Crippen molar-refractivity contribution in [2.24, 2.45) is 5.41 Å². The van der Waals surface area contributed by atoms with Crippen LogP contribution in [0.4, 0.5) is 19.4 Å². The number of nitrogens with zero attached hydrogens (tertiary/aromatic N) is 6. The molecule has 0 bridgehead atoms. The van der Waals surface area contributed by atoms with Crippen LogP contribution in [0.5, 0.6) is 0 Å². The minimum absolute atomic E-state index is 0.000491. The van der Waals surface area contributed by atoms with Crippen molar-refractivity contribution in [1.82, 2.24) is 24.5 Å². The Balaban J connectivity index is 1.32. The van der Waals surface area contributed by atoms with E-state index in [-0.39, 0.29) is 23.1 Å². The number of anilines is 1. The number of carbonyl (C=O) groups excluding carboxylic acids is 1. The van der Waals surface area contributed by atoms with Crippen LogP contribution < -0.4 is 5.73 Å². The molecule has 0 atom stereocenters. The number of hydrogen-bond acceptors (Lipinski definition) is 6. The van der Waals surface area contributed by atoms with Gasteiger partial charge >= 0.3 is 6.09 Å². The zero-order valence-corrected chi connectivity index (χ0v) is 22.6. The average Bonchev–Trinajstić information content (AvgIpc) is 3.52. The Morgan fingerprint density at radius 3 is 2.72 bits per heavy atom. The monoisotopic (exact) mass is 537 g/mol. The number of aromatic nitrogens is 4. The topological polar surface area (TPSA) is 115 Å². The Morgan fingerprint density at radius 2 is 2.05 bits per heavy atom. The number of nitrogen functional groups attached to an aromatic ring is 1. The molecule has 2 N–H and O–H groups in total. The molecule has 1 saturated heterocycles. The van der Waals surface area contributed by atoms with E-state index >= 15 is 0 Å². The van der Waals surface area contributed by atoms with Crippen LogP contribution in [-0.2, 0) is 11.3 Å². The first-order chi connectivity index (χ1) is 18.4. The average molecular weight is 538 g/mol. The zero-order valence-electron chi connectivity index (χ0n) is 22.6. The minimum Gasteiger partial charge on any atom is -0.444 e. The molecule has 2 fully saturated rings. The number of rotatable bonds is 5. The highest BCUT2D eigenvalue weighted by molar-refractivity contribution is 5.74. The smallest absolute Gasteiger partial charge is 0.410 e. The van der Waals surface area contributed by atoms with E-state index in [1.807, 2.05) is 27.7 Å². The van der Waals surface area contributed by atoms with Crippen molar-refractivity contribution in [1.29, 1.82) is 5.26 Å². The van der Waals surface area contributed by atoms with Gasteiger partial charge in [0.25, 0.3) is 6.43 Å². The van der Waals surface area contributed by atoms with Gasteiger partial charge in [-0.15, -0.1) is 0 Å². The van der Waals surface area contributed by atoms with Gasteiger partial charge < -0.3 is 15.4 Å². The fourth-order valence-corrected chi connectivity index (χ4v) is 5.73. The third kappa shape index (κ3) is 5.20. The number of aryl methyl sites for hydroxylation is 1. The van der Waals surface area contributed by atoms with Gasteiger partial charge in [0.05, 0.1) is 18.3 Å². The van der Waals surface area contributed by atoms with Crippen LogP contribution in [-0.4, -0.2) is 49.2 Å². The molecule has 1 aliphatic carbocycles. The first-order valence-electron chi connectivity index (χ1n) is 13.1. The Labute approximate surface area is 226 Å². The van der Waals surface area contributed by atoms with E-state index in [4.69, 9.17) is 15.6 Å². The molecule has 3 heterocycles. The summed E-state index contributed by atoms with van der Waals surface area (Å²) in [5.74, 6) is 0.311. The maximum atomic E-state index is 13.1. The number of likely N-dealkylation sites (tertiary alicyclic amines) is 1. The maximum absolute atomic E-state index is 13.1. The third-order valence-corrected chi connectivity index (χ3v) is 7.58. The summed E-state index contributed by atoms with van der Waals surface area (Å²) in [5, 5.41) is 19.2. The highest BCUT2D eigenvalue weighted by Crippen LogP contribution is 2.55. The standard InChI is InChI=1S/C28H33F2N7O2/c1-17-22(15-36(33-17)14-18-6-5-7-19(10-18)24(29)30)23-21(13-31)25(32)37(34-23)20-11-28(12-20)8-9-35(16-28)26(38)39-27(2,3)4/h5-7,10,15,20,24H,8-9,11-12,14,16,32H2,1-4H3. The number of alkyl halides is 2. The lowest BCUT2D eigenvalue weighted by molar-refractivity contribution is 0.0188. The van der Waals surface area contributed by atoms with Gasteiger partial charge in [-0.05, 0) is 64.0 Å². The lowest BCUT2D eigenvalue weighted by Gasteiger charge is -2.45. The molecule has 0 radical (unpaired) electrons. The van der Waals surface area contributed by atoms with Gasteiger partial charge in [0.2, 0.25) is 0 Å². The minimum atomic E-state index is -2.54. The maximum Gasteiger partial charge on any atom is 0.410 e. The second-order valence-corrected chi connectivity index (χ2v) is 11.8. The zero-order chi connectivity index (χ0) is 28.1. The lowest BCUT2D eigenvalue weighted by atomic mass is 9.65. The number of hydrogen-bond donors (Lipinski definition) is 1. The highest BCUT2D eigenvalue weighted by Gasteiger charge is 2.51. The van der Waals surface area contributed by atoms with E-state index in [0.717, 1.165) is 19.3 Å². The molecule has 206 valence electrons. The summed E-state index contributed by atoms with van der Waals surface area (Å²) in [5.41, 5.74) is 8.63. The summed E-state index contributed by atoms with van der Waals surface area (Å²) < 4.78 is 35.2. The highest BCUT2D eigenvalue weighted by atomic mass is 19.3. The summed E-state index contributed by atoms with van der Waals surface area (Å²) in [7, 11) is 0. The van der Waals surface area contributed by atoms with Crippen molar-refractivity contribution < 1.29 is 18.3 Å². The van der Waals surface area contributed by atoms with Crippen molar-refractivity contribution >= 4 is 11.9 Å². The van der Waals surface area contributed by atoms with Gasteiger partial charge in [0, 0.05) is 30.4 Å². The molecule has 2 aromatic heterocycles. The molecular weight excluding hydrogens is 504 g/mol. The first kappa shape index (κ1) is 26.7. The molecule has 1 aliphatic heterocycles. The predicted molar refractivity (Wildman–Crippen MR) is 141 cm³/mol. The molecule has 0 unspecified atom stereocenters. The molecule has 9 nitrogen and oxygen atoms in total. The van der Waals surface area contributed by atoms with E-state index in [0.29, 0.717) is 53.5 Å². The normalized spacial score (nSPS) is 20.9. The van der Waals surface area contributed by atoms with Crippen molar-refractivity contribution in [2.45, 2.75) is 71.6 Å². The van der Waals surface area contributed by atoms with Gasteiger partial charge in [-0.3, -0.25) is 4.68 Å². The number of nitriles is 1. The molecule has 1 spiro atoms. The number of amides is 1. The fourth-order valence-electron chi connectivity index (χ4n) is 5.73. The molecule has 5 rings (SSSR count). The van der Waals surface area contributed by atoms with Gasteiger partial charge in [-0.1, -0.05) is 18.2 Å². The molecule has 11 heteroatoms. The summed E-state index contributed by atoms with van der Waals surface area (Å²) >= 11 is 0. The largest absolute Gasteiger partial charge is 0.444 e. The quantitative estimate of drug-likeness (QED) is 0.462. The predicted octanol–water partition coefficient (Wildman–Crippen LogP) is 5.46. The lowest BCUT2D eigenvalue weighted by Crippen LogP contribution is -2.43. The van der Waals surface area contributed by atoms with Crippen LogP contribution >= 0.6 is 0 Å². The number of benzene rings is 1. The summed E-state index contributed by atoms with van der Waals surface area (Å²) in [4.78, 5) is 14.3. The van der Waals surface area contributed by atoms with E-state index in [9.17, 15) is 18.8 Å². The second-order valence-electron chi connectivity index (χ2n) is 11.8. The van der Waals surface area contributed by atoms with Crippen LogP contribution in [0.2, 0.25) is 0 Å². The summed E-state index contributed by atoms with van der Waals surface area (Å²) in [6.45, 7) is 8.99. The molecule has 3 aromatic rings. The molecular formula is C28H33F2N7O2. The van der Waals surface area contributed by atoms with E-state index < -0.39 is 12.0 Å². The SMILES string of the molecule is Cc1nn(Cc2cccc(C(F)F)c2)cc1-c1nn(C2CC3(CCN(C(=O)OC(C)(C)C)C3)C2)c(N)c1C#N. The Kier molecular flexibility index (Phi) is 6.61. The molecule has 1 saturated carbocycles. The van der Waals surface area contributed by atoms with Gasteiger partial charge in [-0.25, -0.2) is 18.3 Å². The second kappa shape index (κ2) is 9.67.